The largest absolute Gasteiger partial charge is 0.496 e. The lowest BCUT2D eigenvalue weighted by Crippen LogP contribution is -2.02. The third-order valence-corrected chi connectivity index (χ3v) is 5.16. The number of methoxy groups -OCH3 is 1. The number of ketones is 1. The lowest BCUT2D eigenvalue weighted by atomic mass is 9.97. The Bertz CT molecular complexity index is 702. The Balaban J connectivity index is 1.80. The second-order valence-electron chi connectivity index (χ2n) is 7.16. The first-order chi connectivity index (χ1) is 12.6. The van der Waals surface area contributed by atoms with Gasteiger partial charge in [-0.25, -0.2) is 0 Å². The number of carbonyl (C=O) groups is 1. The van der Waals surface area contributed by atoms with E-state index in [0.717, 1.165) is 42.7 Å². The number of aryl methyl sites for hydroxylation is 2. The summed E-state index contributed by atoms with van der Waals surface area (Å²) in [6.07, 6.45) is 7.02. The van der Waals surface area contributed by atoms with E-state index in [-0.39, 0.29) is 5.78 Å². The molecule has 0 fully saturated rings. The zero-order valence-electron chi connectivity index (χ0n) is 16.7. The molecule has 1 N–H and O–H groups in total. The number of benzene rings is 1. The summed E-state index contributed by atoms with van der Waals surface area (Å²) in [4.78, 5) is 15.8. The monoisotopic (exact) mass is 355 g/mol. The van der Waals surface area contributed by atoms with Gasteiger partial charge in [-0.1, -0.05) is 32.4 Å². The summed E-state index contributed by atoms with van der Waals surface area (Å²) in [6.45, 7) is 6.49. The molecule has 1 aromatic heterocycles. The second kappa shape index (κ2) is 10.2. The van der Waals surface area contributed by atoms with Crippen LogP contribution in [0.2, 0.25) is 0 Å². The van der Waals surface area contributed by atoms with Gasteiger partial charge < -0.3 is 9.72 Å². The smallest absolute Gasteiger partial charge is 0.179 e. The Morgan fingerprint density at radius 3 is 2.62 bits per heavy atom. The number of aromatic amines is 1. The highest BCUT2D eigenvalue weighted by Crippen LogP contribution is 2.24. The Morgan fingerprint density at radius 1 is 1.15 bits per heavy atom. The lowest BCUT2D eigenvalue weighted by Gasteiger charge is -2.11. The molecule has 0 bridgehead atoms. The number of Topliss-reactive ketones (excluding diaryl/α,β-unsaturated/α-hetero) is 1. The van der Waals surface area contributed by atoms with Crippen molar-refractivity contribution in [1.29, 1.82) is 0 Å². The van der Waals surface area contributed by atoms with Crippen LogP contribution in [0.15, 0.2) is 30.3 Å². The summed E-state index contributed by atoms with van der Waals surface area (Å²) < 4.78 is 5.30. The Morgan fingerprint density at radius 2 is 1.96 bits per heavy atom. The quantitative estimate of drug-likeness (QED) is 0.384. The summed E-state index contributed by atoms with van der Waals surface area (Å²) in [5, 5.41) is 0. The van der Waals surface area contributed by atoms with E-state index in [1.807, 2.05) is 12.1 Å². The molecule has 1 heterocycles. The predicted molar refractivity (Wildman–Crippen MR) is 108 cm³/mol. The van der Waals surface area contributed by atoms with Crippen molar-refractivity contribution in [2.45, 2.75) is 71.6 Å². The van der Waals surface area contributed by atoms with Crippen LogP contribution in [0.25, 0.3) is 0 Å². The van der Waals surface area contributed by atoms with Crippen molar-refractivity contribution in [2.75, 3.05) is 7.11 Å². The zero-order chi connectivity index (χ0) is 18.9. The number of hydrogen-bond acceptors (Lipinski definition) is 2. The fourth-order valence-corrected chi connectivity index (χ4v) is 3.59. The number of nitrogens with one attached hydrogen (secondary N) is 1. The third kappa shape index (κ3) is 5.48. The van der Waals surface area contributed by atoms with Crippen LogP contribution < -0.4 is 4.74 Å². The minimum atomic E-state index is 0.230. The van der Waals surface area contributed by atoms with E-state index >= 15 is 0 Å². The maximum Gasteiger partial charge on any atom is 0.179 e. The summed E-state index contributed by atoms with van der Waals surface area (Å²) in [5.74, 6) is 1.70. The lowest BCUT2D eigenvalue weighted by molar-refractivity contribution is 0.0975. The van der Waals surface area contributed by atoms with E-state index in [1.54, 1.807) is 7.11 Å². The molecule has 0 saturated heterocycles. The van der Waals surface area contributed by atoms with Gasteiger partial charge in [0.15, 0.2) is 5.78 Å². The highest BCUT2D eigenvalue weighted by Gasteiger charge is 2.13. The van der Waals surface area contributed by atoms with E-state index in [2.05, 4.69) is 44.0 Å². The Hall–Kier alpha value is -2.03. The SMILES string of the molecule is CCC[C@H](CC)c1ccc(C(=O)CCCCc2ccc(OC)c(C)c2)[nH]1. The van der Waals surface area contributed by atoms with Gasteiger partial charge in [0.05, 0.1) is 12.8 Å². The fraction of sp³-hybridized carbons (Fsp3) is 0.522. The average Bonchev–Trinajstić information content (AvgIpc) is 3.13. The first-order valence-corrected chi connectivity index (χ1v) is 9.94. The summed E-state index contributed by atoms with van der Waals surface area (Å²) in [5.41, 5.74) is 4.46. The van der Waals surface area contributed by atoms with E-state index in [9.17, 15) is 4.79 Å². The Kier molecular flexibility index (Phi) is 7.96. The molecule has 0 unspecified atom stereocenters. The van der Waals surface area contributed by atoms with Gasteiger partial charge in [-0.05, 0) is 74.3 Å². The molecule has 0 aliphatic rings. The van der Waals surface area contributed by atoms with Crippen LogP contribution in [0.3, 0.4) is 0 Å². The zero-order valence-corrected chi connectivity index (χ0v) is 16.7. The van der Waals surface area contributed by atoms with Crippen molar-refractivity contribution < 1.29 is 9.53 Å². The maximum atomic E-state index is 12.4. The number of hydrogen-bond donors (Lipinski definition) is 1. The molecule has 3 nitrogen and oxygen atoms in total. The standard InChI is InChI=1S/C23H33NO2/c1-5-9-19(6-2)20-13-14-21(24-20)22(25)11-8-7-10-18-12-15-23(26-4)17(3)16-18/h12-16,19,24H,5-11H2,1-4H3/t19-/m0/s1. The van der Waals surface area contributed by atoms with E-state index < -0.39 is 0 Å². The molecule has 2 aromatic rings. The van der Waals surface area contributed by atoms with Crippen LogP contribution in [-0.2, 0) is 6.42 Å². The minimum absolute atomic E-state index is 0.230. The summed E-state index contributed by atoms with van der Waals surface area (Å²) in [7, 11) is 1.70. The molecule has 142 valence electrons. The van der Waals surface area contributed by atoms with Crippen LogP contribution in [0.5, 0.6) is 5.75 Å². The molecular formula is C23H33NO2. The van der Waals surface area contributed by atoms with Crippen LogP contribution >= 0.6 is 0 Å². The van der Waals surface area contributed by atoms with E-state index in [0.29, 0.717) is 12.3 Å². The number of H-pyrrole nitrogens is 1. The van der Waals surface area contributed by atoms with Crippen molar-refractivity contribution in [3.8, 4) is 5.75 Å². The molecule has 3 heteroatoms. The molecule has 0 amide bonds. The molecule has 0 aliphatic carbocycles. The number of ether oxygens (including phenoxy) is 1. The molecule has 0 aliphatic heterocycles. The fourth-order valence-electron chi connectivity index (χ4n) is 3.59. The number of carbonyl (C=O) groups excluding carboxylic acids is 1. The number of unbranched alkanes of at least 4 members (excludes halogenated alkanes) is 1. The van der Waals surface area contributed by atoms with Gasteiger partial charge in [0.2, 0.25) is 0 Å². The van der Waals surface area contributed by atoms with Crippen molar-refractivity contribution in [2.24, 2.45) is 0 Å². The van der Waals surface area contributed by atoms with Gasteiger partial charge in [-0.15, -0.1) is 0 Å². The number of aromatic nitrogens is 1. The van der Waals surface area contributed by atoms with E-state index in [1.165, 1.54) is 24.1 Å². The molecular weight excluding hydrogens is 322 g/mol. The van der Waals surface area contributed by atoms with E-state index in [4.69, 9.17) is 4.74 Å². The second-order valence-corrected chi connectivity index (χ2v) is 7.16. The van der Waals surface area contributed by atoms with Gasteiger partial charge >= 0.3 is 0 Å². The first-order valence-electron chi connectivity index (χ1n) is 9.94. The van der Waals surface area contributed by atoms with Crippen molar-refractivity contribution in [3.63, 3.8) is 0 Å². The van der Waals surface area contributed by atoms with Gasteiger partial charge in [-0.2, -0.15) is 0 Å². The summed E-state index contributed by atoms with van der Waals surface area (Å²) >= 11 is 0. The molecule has 2 rings (SSSR count). The average molecular weight is 356 g/mol. The number of rotatable bonds is 11. The van der Waals surface area contributed by atoms with Gasteiger partial charge in [0.25, 0.3) is 0 Å². The van der Waals surface area contributed by atoms with Gasteiger partial charge in [0.1, 0.15) is 5.75 Å². The molecule has 0 spiro atoms. The van der Waals surface area contributed by atoms with Gasteiger partial charge in [-0.3, -0.25) is 4.79 Å². The van der Waals surface area contributed by atoms with Crippen LogP contribution in [-0.4, -0.2) is 17.9 Å². The van der Waals surface area contributed by atoms with Crippen LogP contribution in [0, 0.1) is 6.92 Å². The molecule has 0 saturated carbocycles. The highest BCUT2D eigenvalue weighted by molar-refractivity contribution is 5.94. The molecule has 1 atom stereocenters. The molecule has 1 aromatic carbocycles. The third-order valence-electron chi connectivity index (χ3n) is 5.16. The highest BCUT2D eigenvalue weighted by atomic mass is 16.5. The normalized spacial score (nSPS) is 12.2. The molecule has 26 heavy (non-hydrogen) atoms. The minimum Gasteiger partial charge on any atom is -0.496 e. The van der Waals surface area contributed by atoms with Gasteiger partial charge in [0, 0.05) is 12.1 Å². The van der Waals surface area contributed by atoms with Crippen LogP contribution in [0.1, 0.15) is 85.6 Å². The summed E-state index contributed by atoms with van der Waals surface area (Å²) in [6, 6.07) is 10.4. The predicted octanol–water partition coefficient (Wildman–Crippen LogP) is 6.22. The topological polar surface area (TPSA) is 42.1 Å². The molecule has 0 radical (unpaired) electrons. The first kappa shape index (κ1) is 20.3. The Labute approximate surface area is 158 Å². The van der Waals surface area contributed by atoms with Crippen LogP contribution in [0.4, 0.5) is 0 Å². The van der Waals surface area contributed by atoms with Crippen molar-refractivity contribution in [3.05, 3.63) is 52.8 Å². The van der Waals surface area contributed by atoms with Crippen molar-refractivity contribution in [1.82, 2.24) is 4.98 Å². The maximum absolute atomic E-state index is 12.4. The van der Waals surface area contributed by atoms with Crippen molar-refractivity contribution >= 4 is 5.78 Å².